The van der Waals surface area contributed by atoms with Gasteiger partial charge in [0.25, 0.3) is 0 Å². The van der Waals surface area contributed by atoms with Gasteiger partial charge in [-0.1, -0.05) is 37.3 Å². The Hall–Kier alpha value is -2.06. The van der Waals surface area contributed by atoms with Gasteiger partial charge in [0.2, 0.25) is 0 Å². The molecule has 0 saturated heterocycles. The Labute approximate surface area is 125 Å². The van der Waals surface area contributed by atoms with Crippen molar-refractivity contribution in [2.24, 2.45) is 0 Å². The molecule has 1 N–H and O–H groups in total. The standard InChI is InChI=1S/C19H20N2/c1-19(16-7-8-18-14(11-16)9-10-20-18)13-21(2)12-15-5-3-4-6-17(15)19/h3-11,20H,12-13H2,1-2H3/t19-/m1/s1. The van der Waals surface area contributed by atoms with Crippen LogP contribution in [0.3, 0.4) is 0 Å². The van der Waals surface area contributed by atoms with Gasteiger partial charge in [-0.15, -0.1) is 0 Å². The number of fused-ring (bicyclic) bond motifs is 2. The number of nitrogens with zero attached hydrogens (tertiary/aromatic N) is 1. The predicted molar refractivity (Wildman–Crippen MR) is 87.5 cm³/mol. The second-order valence-corrected chi connectivity index (χ2v) is 6.44. The van der Waals surface area contributed by atoms with Crippen molar-refractivity contribution >= 4 is 10.9 Å². The molecule has 0 saturated carbocycles. The molecular weight excluding hydrogens is 256 g/mol. The molecule has 1 atom stereocenters. The lowest BCUT2D eigenvalue weighted by Gasteiger charge is -2.41. The highest BCUT2D eigenvalue weighted by Crippen LogP contribution is 2.39. The Morgan fingerprint density at radius 3 is 2.86 bits per heavy atom. The molecule has 2 aromatic carbocycles. The molecule has 3 aromatic rings. The molecule has 1 aliphatic rings. The number of hydrogen-bond acceptors (Lipinski definition) is 1. The Bertz CT molecular complexity index is 802. The predicted octanol–water partition coefficient (Wildman–Crippen LogP) is 3.92. The quantitative estimate of drug-likeness (QED) is 0.714. The zero-order valence-corrected chi connectivity index (χ0v) is 12.6. The van der Waals surface area contributed by atoms with Gasteiger partial charge in [-0.05, 0) is 47.3 Å². The number of rotatable bonds is 1. The van der Waals surface area contributed by atoms with E-state index in [1.54, 1.807) is 0 Å². The maximum atomic E-state index is 3.28. The maximum absolute atomic E-state index is 3.28. The minimum Gasteiger partial charge on any atom is -0.361 e. The highest BCUT2D eigenvalue weighted by molar-refractivity contribution is 5.80. The third-order valence-electron chi connectivity index (χ3n) is 4.83. The van der Waals surface area contributed by atoms with E-state index in [1.807, 2.05) is 6.20 Å². The first-order valence-corrected chi connectivity index (χ1v) is 7.51. The summed E-state index contributed by atoms with van der Waals surface area (Å²) in [5, 5.41) is 1.29. The summed E-state index contributed by atoms with van der Waals surface area (Å²) in [4.78, 5) is 5.70. The van der Waals surface area contributed by atoms with E-state index in [0.29, 0.717) is 0 Å². The monoisotopic (exact) mass is 276 g/mol. The van der Waals surface area contributed by atoms with Crippen molar-refractivity contribution in [3.63, 3.8) is 0 Å². The van der Waals surface area contributed by atoms with Gasteiger partial charge in [-0.3, -0.25) is 0 Å². The number of hydrogen-bond donors (Lipinski definition) is 1. The molecule has 106 valence electrons. The second-order valence-electron chi connectivity index (χ2n) is 6.44. The third kappa shape index (κ3) is 1.90. The smallest absolute Gasteiger partial charge is 0.0454 e. The van der Waals surface area contributed by atoms with Gasteiger partial charge in [0.05, 0.1) is 0 Å². The Kier molecular flexibility index (Phi) is 2.69. The topological polar surface area (TPSA) is 19.0 Å². The van der Waals surface area contributed by atoms with E-state index >= 15 is 0 Å². The molecule has 2 nitrogen and oxygen atoms in total. The van der Waals surface area contributed by atoms with Crippen LogP contribution in [0.4, 0.5) is 0 Å². The van der Waals surface area contributed by atoms with E-state index in [2.05, 4.69) is 72.4 Å². The highest BCUT2D eigenvalue weighted by Gasteiger charge is 2.35. The first kappa shape index (κ1) is 12.7. The fourth-order valence-corrected chi connectivity index (χ4v) is 3.81. The first-order valence-electron chi connectivity index (χ1n) is 7.51. The van der Waals surface area contributed by atoms with Crippen LogP contribution in [-0.4, -0.2) is 23.5 Å². The molecule has 0 amide bonds. The average Bonchev–Trinajstić information content (AvgIpc) is 2.94. The maximum Gasteiger partial charge on any atom is 0.0454 e. The molecule has 21 heavy (non-hydrogen) atoms. The summed E-state index contributed by atoms with van der Waals surface area (Å²) in [5.41, 5.74) is 5.57. The van der Waals surface area contributed by atoms with Gasteiger partial charge in [0.1, 0.15) is 0 Å². The molecule has 0 radical (unpaired) electrons. The molecule has 1 aromatic heterocycles. The van der Waals surface area contributed by atoms with Gasteiger partial charge < -0.3 is 9.88 Å². The van der Waals surface area contributed by atoms with Crippen molar-refractivity contribution in [2.45, 2.75) is 18.9 Å². The largest absolute Gasteiger partial charge is 0.361 e. The number of benzene rings is 2. The minimum absolute atomic E-state index is 0.0506. The summed E-state index contributed by atoms with van der Waals surface area (Å²) in [7, 11) is 2.21. The number of likely N-dealkylation sites (N-methyl/N-ethyl adjacent to an activating group) is 1. The lowest BCUT2D eigenvalue weighted by Crippen LogP contribution is -2.42. The SMILES string of the molecule is CN1Cc2ccccc2[C@@](C)(c2ccc3[nH]ccc3c2)C1. The zero-order chi connectivity index (χ0) is 14.4. The second kappa shape index (κ2) is 4.47. The summed E-state index contributed by atoms with van der Waals surface area (Å²) >= 11 is 0. The van der Waals surface area contributed by atoms with Gasteiger partial charge >= 0.3 is 0 Å². The van der Waals surface area contributed by atoms with E-state index in [0.717, 1.165) is 13.1 Å². The van der Waals surface area contributed by atoms with Crippen molar-refractivity contribution in [1.29, 1.82) is 0 Å². The highest BCUT2D eigenvalue weighted by atomic mass is 15.1. The summed E-state index contributed by atoms with van der Waals surface area (Å²) in [6.07, 6.45) is 2.01. The van der Waals surface area contributed by atoms with Crippen LogP contribution in [0.2, 0.25) is 0 Å². The lowest BCUT2D eigenvalue weighted by atomic mass is 9.72. The number of aromatic nitrogens is 1. The van der Waals surface area contributed by atoms with Gasteiger partial charge in [-0.2, -0.15) is 0 Å². The molecule has 4 rings (SSSR count). The Morgan fingerprint density at radius 2 is 1.95 bits per heavy atom. The summed E-state index contributed by atoms with van der Waals surface area (Å²) in [5.74, 6) is 0. The first-order chi connectivity index (χ1) is 10.2. The molecule has 1 aliphatic heterocycles. The molecule has 2 heterocycles. The van der Waals surface area contributed by atoms with Crippen molar-refractivity contribution in [1.82, 2.24) is 9.88 Å². The minimum atomic E-state index is 0.0506. The Balaban J connectivity index is 1.92. The van der Waals surface area contributed by atoms with Crippen molar-refractivity contribution in [3.8, 4) is 0 Å². The van der Waals surface area contributed by atoms with Gasteiger partial charge in [0.15, 0.2) is 0 Å². The van der Waals surface area contributed by atoms with Crippen LogP contribution in [0.5, 0.6) is 0 Å². The van der Waals surface area contributed by atoms with Crippen molar-refractivity contribution in [3.05, 3.63) is 71.4 Å². The fourth-order valence-electron chi connectivity index (χ4n) is 3.81. The molecular formula is C19H20N2. The van der Waals surface area contributed by atoms with E-state index in [9.17, 15) is 0 Å². The van der Waals surface area contributed by atoms with Crippen LogP contribution >= 0.6 is 0 Å². The number of H-pyrrole nitrogens is 1. The van der Waals surface area contributed by atoms with Crippen LogP contribution in [-0.2, 0) is 12.0 Å². The molecule has 0 aliphatic carbocycles. The average molecular weight is 276 g/mol. The van der Waals surface area contributed by atoms with Crippen LogP contribution in [0.25, 0.3) is 10.9 Å². The Morgan fingerprint density at radius 1 is 1.10 bits per heavy atom. The van der Waals surface area contributed by atoms with Gasteiger partial charge in [-0.25, -0.2) is 0 Å². The van der Waals surface area contributed by atoms with E-state index in [-0.39, 0.29) is 5.41 Å². The number of nitrogens with one attached hydrogen (secondary N) is 1. The lowest BCUT2D eigenvalue weighted by molar-refractivity contribution is 0.248. The van der Waals surface area contributed by atoms with Crippen LogP contribution in [0.15, 0.2) is 54.7 Å². The van der Waals surface area contributed by atoms with Gasteiger partial charge in [0, 0.05) is 30.2 Å². The van der Waals surface area contributed by atoms with Crippen molar-refractivity contribution < 1.29 is 0 Å². The van der Waals surface area contributed by atoms with Crippen LogP contribution < -0.4 is 0 Å². The summed E-state index contributed by atoms with van der Waals surface area (Å²) in [6.45, 7) is 4.47. The summed E-state index contributed by atoms with van der Waals surface area (Å²) in [6, 6.07) is 17.8. The van der Waals surface area contributed by atoms with E-state index < -0.39 is 0 Å². The molecule has 0 bridgehead atoms. The summed E-state index contributed by atoms with van der Waals surface area (Å²) < 4.78 is 0. The van der Waals surface area contributed by atoms with Crippen LogP contribution in [0.1, 0.15) is 23.6 Å². The normalized spacial score (nSPS) is 22.4. The van der Waals surface area contributed by atoms with E-state index in [1.165, 1.54) is 27.6 Å². The van der Waals surface area contributed by atoms with Crippen LogP contribution in [0, 0.1) is 0 Å². The van der Waals surface area contributed by atoms with Crippen molar-refractivity contribution in [2.75, 3.05) is 13.6 Å². The fraction of sp³-hybridized carbons (Fsp3) is 0.263. The molecule has 0 fully saturated rings. The molecule has 0 spiro atoms. The number of aromatic amines is 1. The molecule has 0 unspecified atom stereocenters. The van der Waals surface area contributed by atoms with E-state index in [4.69, 9.17) is 0 Å². The molecule has 2 heteroatoms. The third-order valence-corrected chi connectivity index (χ3v) is 4.83. The zero-order valence-electron chi connectivity index (χ0n) is 12.6.